The van der Waals surface area contributed by atoms with E-state index >= 15 is 0 Å². The van der Waals surface area contributed by atoms with Crippen LogP contribution in [0.3, 0.4) is 0 Å². The Morgan fingerprint density at radius 2 is 1.69 bits per heavy atom. The summed E-state index contributed by atoms with van der Waals surface area (Å²) in [6, 6.07) is 3.64. The van der Waals surface area contributed by atoms with Crippen molar-refractivity contribution in [3.05, 3.63) is 34.4 Å². The topological polar surface area (TPSA) is 70.1 Å². The second-order valence-corrected chi connectivity index (χ2v) is 7.25. The van der Waals surface area contributed by atoms with Crippen LogP contribution in [0.15, 0.2) is 12.1 Å². The molecule has 1 heterocycles. The van der Waals surface area contributed by atoms with Gasteiger partial charge in [-0.3, -0.25) is 9.69 Å². The first-order valence-electron chi connectivity index (χ1n) is 8.72. The zero-order chi connectivity index (χ0) is 18.8. The number of fused-ring (bicyclic) bond motifs is 1. The first-order valence-corrected chi connectivity index (χ1v) is 8.72. The number of aliphatic hydroxyl groups is 1. The summed E-state index contributed by atoms with van der Waals surface area (Å²) in [4.78, 5) is 28.3. The van der Waals surface area contributed by atoms with E-state index in [4.69, 9.17) is 4.74 Å². The van der Waals surface area contributed by atoms with E-state index in [1.807, 2.05) is 46.8 Å². The van der Waals surface area contributed by atoms with Crippen molar-refractivity contribution >= 4 is 12.0 Å². The van der Waals surface area contributed by atoms with Crippen LogP contribution in [0.5, 0.6) is 0 Å². The van der Waals surface area contributed by atoms with Crippen molar-refractivity contribution in [3.63, 3.8) is 0 Å². The number of hydrogen-bond acceptors (Lipinski definition) is 4. The van der Waals surface area contributed by atoms with Gasteiger partial charge in [0.2, 0.25) is 0 Å². The van der Waals surface area contributed by atoms with E-state index in [0.717, 1.165) is 11.1 Å². The van der Waals surface area contributed by atoms with Crippen LogP contribution in [0.25, 0.3) is 0 Å². The van der Waals surface area contributed by atoms with Crippen LogP contribution < -0.4 is 0 Å². The van der Waals surface area contributed by atoms with E-state index in [-0.39, 0.29) is 18.6 Å². The number of amides is 2. The Labute approximate surface area is 149 Å². The van der Waals surface area contributed by atoms with Crippen LogP contribution in [0, 0.1) is 0 Å². The molecule has 1 radical (unpaired) electrons. The van der Waals surface area contributed by atoms with Gasteiger partial charge in [-0.1, -0.05) is 6.07 Å². The summed E-state index contributed by atoms with van der Waals surface area (Å²) in [5, 5.41) is 9.68. The molecule has 7 heteroatoms. The van der Waals surface area contributed by atoms with Gasteiger partial charge in [0.25, 0.3) is 5.91 Å². The molecule has 1 aliphatic heterocycles. The molecule has 0 aliphatic carbocycles. The van der Waals surface area contributed by atoms with E-state index in [1.54, 1.807) is 9.80 Å². The molecule has 0 saturated heterocycles. The molecule has 26 heavy (non-hydrogen) atoms. The molecule has 0 saturated carbocycles. The van der Waals surface area contributed by atoms with Gasteiger partial charge in [0.15, 0.2) is 0 Å². The Morgan fingerprint density at radius 1 is 1.15 bits per heavy atom. The molecule has 0 bridgehead atoms. The van der Waals surface area contributed by atoms with E-state index in [0.29, 0.717) is 37.3 Å². The number of benzene rings is 1. The van der Waals surface area contributed by atoms with Crippen molar-refractivity contribution < 1.29 is 19.4 Å². The third-order valence-electron chi connectivity index (χ3n) is 4.25. The fraction of sp³-hybridized carbons (Fsp3) is 0.579. The summed E-state index contributed by atoms with van der Waals surface area (Å²) in [5.41, 5.74) is 2.44. The molecule has 149 valence electrons. The number of rotatable bonds is 4. The van der Waals surface area contributed by atoms with Crippen LogP contribution in [-0.4, -0.2) is 45.6 Å². The summed E-state index contributed by atoms with van der Waals surface area (Å²) in [6.45, 7) is 11.2. The van der Waals surface area contributed by atoms with Crippen molar-refractivity contribution in [1.29, 1.82) is 0 Å². The summed E-state index contributed by atoms with van der Waals surface area (Å²) >= 11 is 0. The molecule has 0 spiro atoms. The van der Waals surface area contributed by atoms with Gasteiger partial charge < -0.3 is 14.7 Å². The van der Waals surface area contributed by atoms with Gasteiger partial charge >= 0.3 is 6.09 Å². The normalized spacial score (nSPS) is 13.1. The Balaban J connectivity index is 0.00000338. The van der Waals surface area contributed by atoms with E-state index in [1.165, 1.54) is 0 Å². The van der Waals surface area contributed by atoms with Crippen LogP contribution in [0.2, 0.25) is 0 Å². The molecule has 6 nitrogen and oxygen atoms in total. The zero-order valence-corrected chi connectivity index (χ0v) is 18.6. The first-order chi connectivity index (χ1) is 11.7. The molecular weight excluding hydrogens is 572 g/mol. The third-order valence-corrected chi connectivity index (χ3v) is 4.25. The standard InChI is InChI=1S/C19H28N2O4.Es/c1-6-20(7-2)17(23)16-9-14-11-21(18(24)25-19(3,4)5)10-13(14)8-15(16)12-22;/h8-9,22H,6-7,10-12H2,1-5H3;. The number of nitrogens with zero attached hydrogens (tertiary/aromatic N) is 2. The molecule has 1 N–H and O–H groups in total. The van der Waals surface area contributed by atoms with Gasteiger partial charge in [-0.15, -0.1) is 0 Å². The molecule has 2 rings (SSSR count). The van der Waals surface area contributed by atoms with Crippen molar-refractivity contribution in [3.8, 4) is 0 Å². The summed E-state index contributed by atoms with van der Waals surface area (Å²) in [6.07, 6.45) is -0.370. The quantitative estimate of drug-likeness (QED) is 0.578. The molecule has 0 atom stereocenters. The predicted molar refractivity (Wildman–Crippen MR) is 95.1 cm³/mol. The van der Waals surface area contributed by atoms with Crippen molar-refractivity contribution in [2.45, 2.75) is 59.9 Å². The Hall–Kier alpha value is -3.08. The average Bonchev–Trinajstić information content (AvgIpc) is 2.96. The number of ether oxygens (including phenoxy) is 1. The van der Waals surface area contributed by atoms with Gasteiger partial charge in [-0.2, -0.15) is 0 Å². The van der Waals surface area contributed by atoms with E-state index in [9.17, 15) is 14.7 Å². The first kappa shape index (κ1) is 21.0. The van der Waals surface area contributed by atoms with E-state index < -0.39 is 5.60 Å². The molecule has 1 aromatic rings. The molecule has 0 unspecified atom stereocenters. The molecule has 1 aromatic carbocycles. The third kappa shape index (κ3) is 4.30. The predicted octanol–water partition coefficient (Wildman–Crippen LogP) is 2.91. The molecular formula is C19H28EsN2O4. The van der Waals surface area contributed by atoms with Gasteiger partial charge in [-0.25, -0.2) is 4.79 Å². The number of carbonyl (C=O) groups excluding carboxylic acids is 2. The number of hydrogen-bond donors (Lipinski definition) is 1. The fourth-order valence-corrected chi connectivity index (χ4v) is 2.97. The van der Waals surface area contributed by atoms with Crippen molar-refractivity contribution in [2.24, 2.45) is 0 Å². The van der Waals surface area contributed by atoms with E-state index in [2.05, 4.69) is 0 Å². The Kier molecular flexibility index (Phi) is 6.34. The minimum Gasteiger partial charge on any atom is -0.444 e. The molecule has 0 aromatic heterocycles. The fourth-order valence-electron chi connectivity index (χ4n) is 2.97. The Morgan fingerprint density at radius 3 is 2.15 bits per heavy atom. The maximum absolute atomic E-state index is 12.7. The van der Waals surface area contributed by atoms with Gasteiger partial charge in [-0.05, 0) is 57.4 Å². The molecule has 2 amide bonds. The number of carbonyl (C=O) groups is 2. The summed E-state index contributed by atoms with van der Waals surface area (Å²) < 4.78 is 5.42. The maximum atomic E-state index is 12.7. The van der Waals surface area contributed by atoms with Gasteiger partial charge in [0, 0.05) is 31.7 Å². The number of aliphatic hydroxyl groups excluding tert-OH is 1. The van der Waals surface area contributed by atoms with Gasteiger partial charge in [0.1, 0.15) is 5.60 Å². The van der Waals surface area contributed by atoms with Crippen LogP contribution >= 0.6 is 0 Å². The Bertz CT molecular complexity index is 666. The second kappa shape index (κ2) is 7.87. The van der Waals surface area contributed by atoms with Crippen LogP contribution in [0.1, 0.15) is 61.7 Å². The minimum atomic E-state index is -0.550. The summed E-state index contributed by atoms with van der Waals surface area (Å²) in [5.74, 6) is -0.0902. The van der Waals surface area contributed by atoms with Crippen molar-refractivity contribution in [2.75, 3.05) is 13.1 Å². The van der Waals surface area contributed by atoms with Crippen LogP contribution in [0.4, 0.5) is 4.79 Å². The van der Waals surface area contributed by atoms with Gasteiger partial charge in [0.05, 0.1) is 6.61 Å². The van der Waals surface area contributed by atoms with Crippen molar-refractivity contribution in [1.82, 2.24) is 9.80 Å². The zero-order valence-electron chi connectivity index (χ0n) is 16.1. The molecule has 0 fully saturated rings. The maximum Gasteiger partial charge on any atom is 0.410 e. The largest absolute Gasteiger partial charge is 0.444 e. The summed E-state index contributed by atoms with van der Waals surface area (Å²) in [7, 11) is 0. The SMILES string of the molecule is CCN(CC)C(=O)c1cc2c(cc1CO)CN(C(=O)OC(C)(C)C)C2.[Es]. The average molecular weight is 600 g/mol. The minimum absolute atomic E-state index is 0. The molecule has 1 aliphatic rings. The van der Waals surface area contributed by atoms with Crippen LogP contribution in [-0.2, 0) is 24.4 Å². The second-order valence-electron chi connectivity index (χ2n) is 7.25. The monoisotopic (exact) mass is 600 g/mol. The smallest absolute Gasteiger partial charge is 0.410 e.